The van der Waals surface area contributed by atoms with Crippen molar-refractivity contribution in [2.45, 2.75) is 13.8 Å². The van der Waals surface area contributed by atoms with E-state index in [0.29, 0.717) is 43.2 Å². The number of benzene rings is 3. The number of carbonyl (C=O) groups excluding carboxylic acids is 1. The summed E-state index contributed by atoms with van der Waals surface area (Å²) in [6.07, 6.45) is 1.45. The maximum absolute atomic E-state index is 13.0. The Labute approximate surface area is 223 Å². The second-order valence-electron chi connectivity index (χ2n) is 7.69. The van der Waals surface area contributed by atoms with Crippen LogP contribution in [0.2, 0.25) is 5.02 Å². The largest absolute Gasteiger partial charge is 0.482 e. The van der Waals surface area contributed by atoms with Crippen molar-refractivity contribution in [1.29, 1.82) is 0 Å². The van der Waals surface area contributed by atoms with E-state index in [1.807, 2.05) is 37.3 Å². The molecule has 178 valence electrons. The van der Waals surface area contributed by atoms with Gasteiger partial charge in [-0.2, -0.15) is 9.78 Å². The van der Waals surface area contributed by atoms with Crippen molar-refractivity contribution in [2.75, 3.05) is 11.9 Å². The number of nitrogens with zero attached hydrogens (tertiary/aromatic N) is 3. The van der Waals surface area contributed by atoms with Crippen molar-refractivity contribution in [1.82, 2.24) is 9.66 Å². The van der Waals surface area contributed by atoms with Gasteiger partial charge in [-0.3, -0.25) is 9.59 Å². The Hall–Kier alpha value is -3.01. The predicted octanol–water partition coefficient (Wildman–Crippen LogP) is 6.09. The first kappa shape index (κ1) is 25.1. The van der Waals surface area contributed by atoms with Crippen molar-refractivity contribution >= 4 is 72.2 Å². The van der Waals surface area contributed by atoms with Crippen molar-refractivity contribution in [3.8, 4) is 5.75 Å². The van der Waals surface area contributed by atoms with Crippen LogP contribution in [0.4, 0.5) is 5.69 Å². The Morgan fingerprint density at radius 2 is 1.89 bits per heavy atom. The van der Waals surface area contributed by atoms with E-state index in [0.717, 1.165) is 10.0 Å². The minimum absolute atomic E-state index is 0.237. The summed E-state index contributed by atoms with van der Waals surface area (Å²) in [7, 11) is 0. The number of nitrogens with one attached hydrogen (secondary N) is 1. The Kier molecular flexibility index (Phi) is 7.69. The van der Waals surface area contributed by atoms with Gasteiger partial charge < -0.3 is 10.1 Å². The Bertz CT molecular complexity index is 1520. The average molecular weight is 619 g/mol. The highest BCUT2D eigenvalue weighted by atomic mass is 79.9. The summed E-state index contributed by atoms with van der Waals surface area (Å²) in [6, 6.07) is 16.0. The topological polar surface area (TPSA) is 85.6 Å². The van der Waals surface area contributed by atoms with E-state index < -0.39 is 0 Å². The number of anilines is 1. The lowest BCUT2D eigenvalue weighted by Gasteiger charge is -2.12. The summed E-state index contributed by atoms with van der Waals surface area (Å²) >= 11 is 13.0. The van der Waals surface area contributed by atoms with Crippen molar-refractivity contribution in [2.24, 2.45) is 5.10 Å². The summed E-state index contributed by atoms with van der Waals surface area (Å²) in [5, 5.41) is 7.99. The molecule has 0 atom stereocenters. The van der Waals surface area contributed by atoms with Crippen LogP contribution in [0.15, 0.2) is 73.4 Å². The highest BCUT2D eigenvalue weighted by Gasteiger charge is 2.13. The van der Waals surface area contributed by atoms with Crippen LogP contribution in [-0.2, 0) is 4.79 Å². The zero-order valence-corrected chi connectivity index (χ0v) is 22.6. The number of aryl methyl sites for hydroxylation is 2. The molecule has 1 aromatic heterocycles. The fraction of sp³-hybridized carbons (Fsp3) is 0.120. The Morgan fingerprint density at radius 1 is 1.14 bits per heavy atom. The van der Waals surface area contributed by atoms with Gasteiger partial charge in [-0.05, 0) is 72.2 Å². The minimum Gasteiger partial charge on any atom is -0.482 e. The molecule has 0 bridgehead atoms. The zero-order valence-electron chi connectivity index (χ0n) is 18.7. The van der Waals surface area contributed by atoms with Crippen LogP contribution in [0.1, 0.15) is 17.0 Å². The molecule has 0 saturated heterocycles. The van der Waals surface area contributed by atoms with Crippen LogP contribution in [0.5, 0.6) is 5.75 Å². The van der Waals surface area contributed by atoms with Gasteiger partial charge in [0, 0.05) is 20.7 Å². The number of ether oxygens (including phenoxy) is 1. The molecule has 0 saturated carbocycles. The zero-order chi connectivity index (χ0) is 25.1. The maximum Gasteiger partial charge on any atom is 0.282 e. The molecule has 1 heterocycles. The molecule has 4 aromatic rings. The first-order valence-corrected chi connectivity index (χ1v) is 12.4. The molecule has 1 amide bonds. The van der Waals surface area contributed by atoms with E-state index in [1.54, 1.807) is 31.2 Å². The van der Waals surface area contributed by atoms with Crippen molar-refractivity contribution in [3.05, 3.63) is 95.9 Å². The van der Waals surface area contributed by atoms with E-state index in [1.165, 1.54) is 10.9 Å². The van der Waals surface area contributed by atoms with Crippen LogP contribution in [0, 0.1) is 13.8 Å². The molecule has 3 aromatic carbocycles. The van der Waals surface area contributed by atoms with E-state index in [2.05, 4.69) is 47.3 Å². The molecular formula is C25H19Br2ClN4O3. The molecular weight excluding hydrogens is 600 g/mol. The summed E-state index contributed by atoms with van der Waals surface area (Å²) in [6.45, 7) is 3.43. The van der Waals surface area contributed by atoms with Crippen LogP contribution in [-0.4, -0.2) is 28.4 Å². The SMILES string of the molecule is Cc1ccc(NC(=O)COc2c(Br)cc(Cl)cc2C=Nn2c(C)nc3ccc(Br)cc3c2=O)cc1. The first-order chi connectivity index (χ1) is 16.7. The number of aromatic nitrogens is 2. The minimum atomic E-state index is -0.324. The number of fused-ring (bicyclic) bond motifs is 1. The molecule has 10 heteroatoms. The monoisotopic (exact) mass is 616 g/mol. The molecule has 0 unspecified atom stereocenters. The Morgan fingerprint density at radius 3 is 2.63 bits per heavy atom. The second-order valence-corrected chi connectivity index (χ2v) is 9.90. The smallest absolute Gasteiger partial charge is 0.282 e. The van der Waals surface area contributed by atoms with Crippen LogP contribution in [0.3, 0.4) is 0 Å². The first-order valence-electron chi connectivity index (χ1n) is 10.4. The predicted molar refractivity (Wildman–Crippen MR) is 146 cm³/mol. The molecule has 4 rings (SSSR count). The van der Waals surface area contributed by atoms with Crippen LogP contribution >= 0.6 is 43.5 Å². The maximum atomic E-state index is 13.0. The highest BCUT2D eigenvalue weighted by Crippen LogP contribution is 2.32. The average Bonchev–Trinajstić information content (AvgIpc) is 2.80. The van der Waals surface area contributed by atoms with E-state index >= 15 is 0 Å². The van der Waals surface area contributed by atoms with Gasteiger partial charge in [0.15, 0.2) is 6.61 Å². The summed E-state index contributed by atoms with van der Waals surface area (Å²) in [4.78, 5) is 29.9. The van der Waals surface area contributed by atoms with Gasteiger partial charge in [-0.25, -0.2) is 4.98 Å². The van der Waals surface area contributed by atoms with E-state index in [4.69, 9.17) is 16.3 Å². The van der Waals surface area contributed by atoms with Gasteiger partial charge in [-0.15, -0.1) is 0 Å². The molecule has 0 fully saturated rings. The fourth-order valence-electron chi connectivity index (χ4n) is 3.32. The number of halogens is 3. The van der Waals surface area contributed by atoms with Gasteiger partial charge in [0.1, 0.15) is 11.6 Å². The van der Waals surface area contributed by atoms with E-state index in [-0.39, 0.29) is 18.1 Å². The van der Waals surface area contributed by atoms with E-state index in [9.17, 15) is 9.59 Å². The summed E-state index contributed by atoms with van der Waals surface area (Å²) in [5.74, 6) is 0.455. The third-order valence-corrected chi connectivity index (χ3v) is 6.30. The fourth-order valence-corrected chi connectivity index (χ4v) is 4.63. The number of carbonyl (C=O) groups is 1. The third-order valence-electron chi connectivity index (χ3n) is 5.00. The number of rotatable bonds is 6. The van der Waals surface area contributed by atoms with Gasteiger partial charge >= 0.3 is 0 Å². The van der Waals surface area contributed by atoms with Crippen molar-refractivity contribution < 1.29 is 9.53 Å². The molecule has 0 aliphatic carbocycles. The third kappa shape index (κ3) is 5.98. The van der Waals surface area contributed by atoms with Crippen LogP contribution in [0.25, 0.3) is 10.9 Å². The molecule has 0 aliphatic rings. The highest BCUT2D eigenvalue weighted by molar-refractivity contribution is 9.10. The lowest BCUT2D eigenvalue weighted by atomic mass is 10.2. The number of amides is 1. The Balaban J connectivity index is 1.60. The lowest BCUT2D eigenvalue weighted by Crippen LogP contribution is -2.21. The second kappa shape index (κ2) is 10.7. The quantitative estimate of drug-likeness (QED) is 0.265. The number of hydrogen-bond acceptors (Lipinski definition) is 5. The van der Waals surface area contributed by atoms with Gasteiger partial charge in [-0.1, -0.05) is 45.2 Å². The summed E-state index contributed by atoms with van der Waals surface area (Å²) < 4.78 is 8.31. The molecule has 0 aliphatic heterocycles. The number of hydrogen-bond donors (Lipinski definition) is 1. The summed E-state index contributed by atoms with van der Waals surface area (Å²) in [5.41, 5.74) is 2.51. The standard InChI is InChI=1S/C25H19Br2ClN4O3/c1-14-3-6-19(7-4-14)31-23(33)13-35-24-16(9-18(28)11-21(24)27)12-29-32-15(2)30-22-8-5-17(26)10-20(22)25(32)34/h3-12H,13H2,1-2H3,(H,31,33). The van der Waals surface area contributed by atoms with Crippen molar-refractivity contribution in [3.63, 3.8) is 0 Å². The lowest BCUT2D eigenvalue weighted by molar-refractivity contribution is -0.118. The van der Waals surface area contributed by atoms with Gasteiger partial charge in [0.2, 0.25) is 0 Å². The molecule has 35 heavy (non-hydrogen) atoms. The normalized spacial score (nSPS) is 11.2. The van der Waals surface area contributed by atoms with Gasteiger partial charge in [0.25, 0.3) is 11.5 Å². The van der Waals surface area contributed by atoms with Crippen LogP contribution < -0.4 is 15.6 Å². The molecule has 0 radical (unpaired) electrons. The molecule has 1 N–H and O–H groups in total. The molecule has 7 nitrogen and oxygen atoms in total. The van der Waals surface area contributed by atoms with Gasteiger partial charge in [0.05, 0.1) is 21.6 Å². The molecule has 0 spiro atoms.